The second kappa shape index (κ2) is 34.0. The highest BCUT2D eigenvalue weighted by Crippen LogP contribution is 2.24. The number of hydrogen-bond acceptors (Lipinski definition) is 5. The molecule has 9 heteroatoms. The molecule has 0 saturated carbocycles. The Morgan fingerprint density at radius 1 is 0.903 bits per heavy atom. The Hall–Kier alpha value is -4.50. The van der Waals surface area contributed by atoms with E-state index in [2.05, 4.69) is 91.2 Å². The van der Waals surface area contributed by atoms with Crippen molar-refractivity contribution in [3.63, 3.8) is 0 Å². The number of ketones is 1. The first kappa shape index (κ1) is 55.5. The summed E-state index contributed by atoms with van der Waals surface area (Å²) in [5.74, 6) is 1.32. The first-order valence-electron chi connectivity index (χ1n) is 23.9. The third-order valence-electron chi connectivity index (χ3n) is 11.4. The van der Waals surface area contributed by atoms with E-state index in [9.17, 15) is 14.4 Å². The number of benzene rings is 1. The number of nitrogens with one attached hydrogen (secondary N) is 2. The number of piperidine rings is 2. The minimum absolute atomic E-state index is 0.0565. The van der Waals surface area contributed by atoms with E-state index in [0.29, 0.717) is 43.7 Å². The minimum atomic E-state index is -0.562. The van der Waals surface area contributed by atoms with E-state index in [1.54, 1.807) is 17.1 Å². The van der Waals surface area contributed by atoms with Crippen LogP contribution in [0.5, 0.6) is 0 Å². The number of aryl methyl sites for hydroxylation is 2. The second-order valence-electron chi connectivity index (χ2n) is 16.4. The zero-order valence-electron chi connectivity index (χ0n) is 40.4. The summed E-state index contributed by atoms with van der Waals surface area (Å²) >= 11 is 0. The van der Waals surface area contributed by atoms with Crippen LogP contribution in [0.15, 0.2) is 91.3 Å². The monoisotopic (exact) mass is 855 g/mol. The van der Waals surface area contributed by atoms with Crippen LogP contribution in [0, 0.1) is 5.92 Å². The largest absolute Gasteiger partial charge is 0.343 e. The molecule has 1 aromatic heterocycles. The van der Waals surface area contributed by atoms with Crippen molar-refractivity contribution >= 4 is 17.4 Å². The lowest BCUT2D eigenvalue weighted by Crippen LogP contribution is -2.51. The fraction of sp³-hybridized carbons (Fsp3) is 0.585. The summed E-state index contributed by atoms with van der Waals surface area (Å²) in [5.41, 5.74) is 4.12. The normalized spacial score (nSPS) is 15.8. The van der Waals surface area contributed by atoms with Gasteiger partial charge in [-0.25, -0.2) is 14.3 Å². The average Bonchev–Trinajstić information content (AvgIpc) is 3.70. The first-order valence-corrected chi connectivity index (χ1v) is 23.9. The number of H-pyrrole nitrogens is 1. The van der Waals surface area contributed by atoms with Crippen LogP contribution in [-0.4, -0.2) is 75.1 Å². The smallest absolute Gasteiger partial charge is 0.328 e. The minimum Gasteiger partial charge on any atom is -0.328 e. The van der Waals surface area contributed by atoms with Crippen LogP contribution < -0.4 is 11.0 Å². The lowest BCUT2D eigenvalue weighted by atomic mass is 9.89. The van der Waals surface area contributed by atoms with Crippen molar-refractivity contribution in [2.24, 2.45) is 5.92 Å². The van der Waals surface area contributed by atoms with Crippen LogP contribution in [0.2, 0.25) is 0 Å². The molecule has 2 aromatic rings. The zero-order valence-corrected chi connectivity index (χ0v) is 40.4. The standard InChI is InChI=1S/C26H33N5O3.C13H21N.C8H18.C4H8.C2H6/c1-4-17(2)24-28-26(34)31(29-24)22-11-13-30(14-12-22)25(33)27-23(18(3)32)16-19-9-10-20-7-5-6-8-21(20)15-19;1-2-3-4-5-6-8-11-14-12-9-7-10-13-14;1-4-6-8(3)7-5-2;1-3-4-2;1-2/h4,9-10,15,22-23H,1-2,5-8,11-14,16H2,3H3,(H,27,33)(H,28,29,34);2-6H,1,7-13H2;8H,4-7H2,1-3H3;3-4H,1-2H3;1-2H3/b;4-3-,6-5-;;4-3-;/t23-;;;;/m1..../s1. The third kappa shape index (κ3) is 22.0. The molecule has 0 radical (unpaired) electrons. The van der Waals surface area contributed by atoms with E-state index in [-0.39, 0.29) is 23.5 Å². The molecule has 2 N–H and O–H groups in total. The predicted molar refractivity (Wildman–Crippen MR) is 266 cm³/mol. The Bertz CT molecular complexity index is 1710. The number of amides is 2. The quantitative estimate of drug-likeness (QED) is 0.129. The predicted octanol–water partition coefficient (Wildman–Crippen LogP) is 12.2. The topological polar surface area (TPSA) is 103 Å². The van der Waals surface area contributed by atoms with Gasteiger partial charge in [-0.2, -0.15) is 0 Å². The Morgan fingerprint density at radius 2 is 1.53 bits per heavy atom. The van der Waals surface area contributed by atoms with Gasteiger partial charge in [0.05, 0.1) is 12.1 Å². The van der Waals surface area contributed by atoms with Crippen LogP contribution in [0.25, 0.3) is 5.57 Å². The summed E-state index contributed by atoms with van der Waals surface area (Å²) in [7, 11) is 0. The fourth-order valence-corrected chi connectivity index (χ4v) is 7.71. The molecule has 1 atom stereocenters. The van der Waals surface area contributed by atoms with E-state index < -0.39 is 6.04 Å². The maximum atomic E-state index is 12.9. The van der Waals surface area contributed by atoms with Gasteiger partial charge in [-0.3, -0.25) is 9.78 Å². The number of fused-ring (bicyclic) bond motifs is 1. The van der Waals surface area contributed by atoms with Crippen molar-refractivity contribution in [3.05, 3.63) is 120 Å². The average molecular weight is 855 g/mol. The van der Waals surface area contributed by atoms with Gasteiger partial charge < -0.3 is 15.1 Å². The maximum absolute atomic E-state index is 12.9. The molecule has 1 aromatic carbocycles. The number of carbonyl (C=O) groups is 2. The Morgan fingerprint density at radius 3 is 2.10 bits per heavy atom. The van der Waals surface area contributed by atoms with Gasteiger partial charge in [0.15, 0.2) is 11.6 Å². The van der Waals surface area contributed by atoms with Gasteiger partial charge in [0.2, 0.25) is 0 Å². The Labute approximate surface area is 377 Å². The molecular formula is C53H86N6O3. The van der Waals surface area contributed by atoms with Gasteiger partial charge in [-0.15, -0.1) is 5.10 Å². The van der Waals surface area contributed by atoms with Gasteiger partial charge >= 0.3 is 11.7 Å². The lowest BCUT2D eigenvalue weighted by molar-refractivity contribution is -0.118. The molecule has 5 rings (SSSR count). The molecule has 1 aliphatic carbocycles. The number of hydrogen-bond donors (Lipinski definition) is 2. The van der Waals surface area contributed by atoms with E-state index in [0.717, 1.165) is 24.3 Å². The van der Waals surface area contributed by atoms with Crippen molar-refractivity contribution in [2.45, 2.75) is 164 Å². The number of carbonyl (C=O) groups excluding carboxylic acids is 2. The first-order chi connectivity index (χ1) is 30.0. The van der Waals surface area contributed by atoms with Gasteiger partial charge in [-0.05, 0) is 121 Å². The molecular weight excluding hydrogens is 769 g/mol. The molecule has 0 spiro atoms. The van der Waals surface area contributed by atoms with Crippen molar-refractivity contribution < 1.29 is 9.59 Å². The van der Waals surface area contributed by atoms with Crippen LogP contribution in [0.4, 0.5) is 4.79 Å². The molecule has 346 valence electrons. The number of urea groups is 1. The fourth-order valence-electron chi connectivity index (χ4n) is 7.71. The van der Waals surface area contributed by atoms with Gasteiger partial charge in [0, 0.05) is 25.2 Å². The molecule has 0 bridgehead atoms. The van der Waals surface area contributed by atoms with Crippen molar-refractivity contribution in [1.29, 1.82) is 0 Å². The number of nitrogens with zero attached hydrogens (tertiary/aromatic N) is 4. The van der Waals surface area contributed by atoms with Gasteiger partial charge in [0.1, 0.15) is 0 Å². The van der Waals surface area contributed by atoms with E-state index in [1.165, 1.54) is 107 Å². The molecule has 0 unspecified atom stereocenters. The number of Topliss-reactive ketones (excluding diaryl/α,β-unsaturated/α-hetero) is 1. The number of aromatic nitrogens is 3. The summed E-state index contributed by atoms with van der Waals surface area (Å²) in [4.78, 5) is 44.5. The molecule has 2 aliphatic heterocycles. The highest BCUT2D eigenvalue weighted by atomic mass is 16.2. The van der Waals surface area contributed by atoms with Crippen molar-refractivity contribution in [2.75, 3.05) is 32.7 Å². The number of rotatable bonds is 16. The molecule has 2 fully saturated rings. The second-order valence-corrected chi connectivity index (χ2v) is 16.4. The number of allylic oxidation sites excluding steroid dienone is 8. The van der Waals surface area contributed by atoms with Crippen molar-refractivity contribution in [3.8, 4) is 0 Å². The molecule has 62 heavy (non-hydrogen) atoms. The van der Waals surface area contributed by atoms with E-state index in [1.807, 2.05) is 52.0 Å². The highest BCUT2D eigenvalue weighted by Gasteiger charge is 2.28. The van der Waals surface area contributed by atoms with Gasteiger partial charge in [-0.1, -0.05) is 153 Å². The Balaban J connectivity index is 0.000000561. The number of likely N-dealkylation sites (tertiary alicyclic amines) is 2. The van der Waals surface area contributed by atoms with Crippen LogP contribution in [-0.2, 0) is 24.1 Å². The summed E-state index contributed by atoms with van der Waals surface area (Å²) in [5, 5.41) is 7.27. The van der Waals surface area contributed by atoms with Crippen LogP contribution in [0.1, 0.15) is 161 Å². The summed E-state index contributed by atoms with van der Waals surface area (Å²) < 4.78 is 1.44. The summed E-state index contributed by atoms with van der Waals surface area (Å²) in [6.45, 7) is 32.3. The molecule has 2 saturated heterocycles. The number of aromatic amines is 1. The van der Waals surface area contributed by atoms with Crippen LogP contribution >= 0.6 is 0 Å². The van der Waals surface area contributed by atoms with E-state index >= 15 is 0 Å². The highest BCUT2D eigenvalue weighted by molar-refractivity contribution is 5.87. The molecule has 3 aliphatic rings. The zero-order chi connectivity index (χ0) is 46.1. The molecule has 9 nitrogen and oxygen atoms in total. The lowest BCUT2D eigenvalue weighted by Gasteiger charge is -2.32. The third-order valence-corrected chi connectivity index (χ3v) is 11.4. The van der Waals surface area contributed by atoms with E-state index in [4.69, 9.17) is 0 Å². The van der Waals surface area contributed by atoms with Crippen LogP contribution in [0.3, 0.4) is 0 Å². The summed E-state index contributed by atoms with van der Waals surface area (Å²) in [6.07, 6.45) is 32.9. The maximum Gasteiger partial charge on any atom is 0.343 e. The Kier molecular flexibility index (Phi) is 30.5. The SMILES string of the molecule is C/C=C\C.C=C/C=C\C=C/CCN1CCCCC1.C=CC(=C)c1nn(C2CCN(C(=O)N[C@H](Cc3ccc4c(c3)CCCC4)C(C)=O)CC2)c(=O)[nH]1.CC.CCCC(C)CCC. The van der Waals surface area contributed by atoms with Crippen molar-refractivity contribution in [1.82, 2.24) is 29.9 Å². The molecule has 2 amide bonds. The molecule has 3 heterocycles. The summed E-state index contributed by atoms with van der Waals surface area (Å²) in [6, 6.07) is 5.53. The van der Waals surface area contributed by atoms with Gasteiger partial charge in [0.25, 0.3) is 0 Å².